The fourth-order valence-electron chi connectivity index (χ4n) is 16.3. The summed E-state index contributed by atoms with van der Waals surface area (Å²) in [4.78, 5) is 78.4. The summed E-state index contributed by atoms with van der Waals surface area (Å²) < 4.78 is 56.3. The van der Waals surface area contributed by atoms with Crippen LogP contribution in [0.2, 0.25) is 0 Å². The predicted octanol–water partition coefficient (Wildman–Crippen LogP) is 8.23. The summed E-state index contributed by atoms with van der Waals surface area (Å²) in [7, 11) is 2.12. The van der Waals surface area contributed by atoms with Crippen molar-refractivity contribution in [1.82, 2.24) is 54.8 Å². The van der Waals surface area contributed by atoms with Gasteiger partial charge in [-0.15, -0.1) is 0 Å². The summed E-state index contributed by atoms with van der Waals surface area (Å²) in [5.41, 5.74) is 8.55. The van der Waals surface area contributed by atoms with Crippen LogP contribution in [0.5, 0.6) is 0 Å². The molecule has 29 heteroatoms. The van der Waals surface area contributed by atoms with E-state index >= 15 is 0 Å². The van der Waals surface area contributed by atoms with Crippen molar-refractivity contribution in [2.75, 3.05) is 147 Å². The average molecular weight is 1500 g/mol. The maximum Gasteiger partial charge on any atom is 0.246 e. The van der Waals surface area contributed by atoms with Crippen LogP contribution in [0.25, 0.3) is 11.5 Å². The maximum absolute atomic E-state index is 12.8. The summed E-state index contributed by atoms with van der Waals surface area (Å²) in [5.74, 6) is 8.14. The number of piperidine rings is 5. The molecular formula is C77H101N17O9S3. The van der Waals surface area contributed by atoms with E-state index < -0.39 is 32.4 Å². The van der Waals surface area contributed by atoms with Crippen molar-refractivity contribution in [2.45, 2.75) is 167 Å². The second-order valence-electron chi connectivity index (χ2n) is 29.6. The Morgan fingerprint density at radius 3 is 1.66 bits per heavy atom. The second-order valence-corrected chi connectivity index (χ2v) is 34.1. The second kappa shape index (κ2) is 33.9. The van der Waals surface area contributed by atoms with Crippen LogP contribution in [0.4, 0.5) is 35.3 Å². The zero-order chi connectivity index (χ0) is 73.4. The number of aryl methyl sites for hydroxylation is 5. The molecule has 7 aromatic rings. The molecule has 0 saturated carbocycles. The summed E-state index contributed by atoms with van der Waals surface area (Å²) in [6.45, 7) is 13.4. The highest BCUT2D eigenvalue weighted by molar-refractivity contribution is 7.86. The first-order valence-corrected chi connectivity index (χ1v) is 42.0. The van der Waals surface area contributed by atoms with Crippen molar-refractivity contribution in [1.29, 1.82) is 0 Å². The van der Waals surface area contributed by atoms with Crippen LogP contribution in [-0.2, 0) is 88.0 Å². The largest absolute Gasteiger partial charge is 0.463 e. The van der Waals surface area contributed by atoms with Gasteiger partial charge in [0.15, 0.2) is 5.76 Å². The molecule has 0 spiro atoms. The molecule has 5 aromatic heterocycles. The van der Waals surface area contributed by atoms with E-state index in [1.807, 2.05) is 54.0 Å². The SMILES string of the molecule is CCCN1C[C@@H](Nc2nc(N3CCC(c4ccc(C)cc4)CC3)nc3c2S(=O)CC3)CCC1=O.COCC(=O)NCC1(c2ccccc2)CCN(c2nc3c(c(N[C@H]4CCC(=O)N(C)C4)n2)S(=O)CC3)CC1.Cn1nc(-c2ccco2)cc1C1CCN(c2nc3c(c(NC4CCOCC4)n2)S(=O)CC3)CC1. The van der Waals surface area contributed by atoms with Gasteiger partial charge in [-0.25, -0.2) is 15.0 Å². The molecule has 4 N–H and O–H groups in total. The molecule has 5 atom stereocenters. The fourth-order valence-corrected chi connectivity index (χ4v) is 20.3. The van der Waals surface area contributed by atoms with E-state index in [0.717, 1.165) is 199 Å². The zero-order valence-electron chi connectivity index (χ0n) is 61.7. The van der Waals surface area contributed by atoms with Gasteiger partial charge in [-0.1, -0.05) is 67.1 Å². The highest BCUT2D eigenvalue weighted by atomic mass is 32.2. The van der Waals surface area contributed by atoms with Gasteiger partial charge in [-0.2, -0.15) is 20.1 Å². The van der Waals surface area contributed by atoms with E-state index in [9.17, 15) is 27.0 Å². The molecular weight excluding hydrogens is 1400 g/mol. The number of ether oxygens (including phenoxy) is 2. The lowest BCUT2D eigenvalue weighted by molar-refractivity contribution is -0.133. The number of rotatable bonds is 19. The molecule has 566 valence electrons. The van der Waals surface area contributed by atoms with Gasteiger partial charge in [0.1, 0.15) is 44.4 Å². The Hall–Kier alpha value is -8.25. The van der Waals surface area contributed by atoms with Gasteiger partial charge >= 0.3 is 0 Å². The van der Waals surface area contributed by atoms with Gasteiger partial charge in [-0.3, -0.25) is 31.7 Å². The van der Waals surface area contributed by atoms with E-state index in [4.69, 9.17) is 43.8 Å². The lowest BCUT2D eigenvalue weighted by atomic mass is 9.72. The minimum absolute atomic E-state index is 0.0437. The van der Waals surface area contributed by atoms with Crippen molar-refractivity contribution in [3.05, 3.63) is 119 Å². The van der Waals surface area contributed by atoms with Crippen LogP contribution in [-0.4, -0.2) is 215 Å². The molecule has 106 heavy (non-hydrogen) atoms. The molecule has 3 amide bonds. The number of amides is 3. The van der Waals surface area contributed by atoms with Gasteiger partial charge in [0.2, 0.25) is 35.6 Å². The molecule has 6 fully saturated rings. The Morgan fingerprint density at radius 1 is 0.604 bits per heavy atom. The number of fused-ring (bicyclic) bond motifs is 3. The van der Waals surface area contributed by atoms with Crippen molar-refractivity contribution in [3.63, 3.8) is 0 Å². The van der Waals surface area contributed by atoms with Gasteiger partial charge in [0, 0.05) is 184 Å². The molecule has 0 aliphatic carbocycles. The van der Waals surface area contributed by atoms with E-state index in [2.05, 4.69) is 97.4 Å². The van der Waals surface area contributed by atoms with Crippen molar-refractivity contribution in [2.24, 2.45) is 7.05 Å². The van der Waals surface area contributed by atoms with Crippen molar-refractivity contribution >= 4 is 85.4 Å². The Bertz CT molecular complexity index is 4310. The first kappa shape index (κ1) is 74.6. The molecule has 0 radical (unpaired) electrons. The number of hydrogen-bond donors (Lipinski definition) is 4. The van der Waals surface area contributed by atoms with Crippen LogP contribution in [0, 0.1) is 6.92 Å². The Kier molecular flexibility index (Phi) is 23.9. The molecule has 14 heterocycles. The predicted molar refractivity (Wildman–Crippen MR) is 411 cm³/mol. The van der Waals surface area contributed by atoms with Crippen LogP contribution in [0.15, 0.2) is 98.2 Å². The Labute approximate surface area is 628 Å². The Morgan fingerprint density at radius 2 is 1.13 bits per heavy atom. The molecule has 3 unspecified atom stereocenters. The van der Waals surface area contributed by atoms with E-state index in [0.29, 0.717) is 96.5 Å². The maximum atomic E-state index is 12.8. The van der Waals surface area contributed by atoms with Gasteiger partial charge in [0.25, 0.3) is 0 Å². The fraction of sp³-hybridized carbons (Fsp3) is 0.558. The first-order chi connectivity index (χ1) is 51.5. The van der Waals surface area contributed by atoms with Crippen LogP contribution >= 0.6 is 0 Å². The quantitative estimate of drug-likeness (QED) is 0.0592. The molecule has 9 aliphatic rings. The molecule has 0 bridgehead atoms. The highest BCUT2D eigenvalue weighted by Crippen LogP contribution is 2.41. The lowest BCUT2D eigenvalue weighted by Gasteiger charge is -2.42. The lowest BCUT2D eigenvalue weighted by Crippen LogP contribution is -2.50. The van der Waals surface area contributed by atoms with Crippen LogP contribution in [0.3, 0.4) is 0 Å². The third kappa shape index (κ3) is 17.2. The Balaban J connectivity index is 0.000000134. The standard InChI is InChI=1S/C27H36N6O4S.C26H35N5O2S.C24H30N6O3S/c1-32-16-20(8-9-23(32)35)29-25-24-21(10-15-38(24)36)30-26(31-25)33-13-11-27(12-14-33,18-28-22(34)17-37-2)19-6-4-3-5-7-19;1-3-13-31-17-21(8-9-23(31)32)27-25-24-22(12-16-34(24)33)28-26(29-25)30-14-10-20(11-15-30)19-6-4-18(2)5-7-19;1-29-20(15-19(28-29)21-3-2-11-33-21)16-4-9-30(10-5-16)24-26-18-8-14-34(31)22(18)23(27-24)25-17-6-12-32-13-7-17/h3-7,20H,8-18H2,1-2H3,(H,28,34)(H,29,30,31);4-7,20-21H,3,8-17H2,1-2H3,(H,27,28,29);2-3,11,15-17H,4-10,12-14H2,1H3,(H,25,26,27)/t20-,38?;21-,34?;/m00./s1. The van der Waals surface area contributed by atoms with Gasteiger partial charge in [-0.05, 0) is 113 Å². The summed E-state index contributed by atoms with van der Waals surface area (Å²) in [6.07, 6.45) is 15.0. The number of nitrogens with one attached hydrogen (secondary N) is 4. The first-order valence-electron chi connectivity index (χ1n) is 38.0. The molecule has 9 aliphatic heterocycles. The number of carbonyl (C=O) groups excluding carboxylic acids is 3. The third-order valence-corrected chi connectivity index (χ3v) is 26.8. The topological polar surface area (TPSA) is 293 Å². The van der Waals surface area contributed by atoms with Gasteiger partial charge < -0.3 is 59.7 Å². The number of methoxy groups -OCH3 is 1. The summed E-state index contributed by atoms with van der Waals surface area (Å²) in [5, 5.41) is 18.4. The number of anilines is 6. The average Bonchev–Trinajstić information content (AvgIpc) is 1.13. The normalized spacial score (nSPS) is 22.6. The van der Waals surface area contributed by atoms with E-state index in [1.165, 1.54) is 29.5 Å². The zero-order valence-corrected chi connectivity index (χ0v) is 64.2. The smallest absolute Gasteiger partial charge is 0.246 e. The monoisotopic (exact) mass is 1500 g/mol. The number of hydrogen-bond acceptors (Lipinski definition) is 22. The number of likely N-dealkylation sites (N-methyl/N-ethyl adjacent to an activating group) is 1. The summed E-state index contributed by atoms with van der Waals surface area (Å²) in [6, 6.07) is 25.7. The van der Waals surface area contributed by atoms with Gasteiger partial charge in [0.05, 0.1) is 55.7 Å². The number of carbonyl (C=O) groups is 3. The van der Waals surface area contributed by atoms with Crippen LogP contribution < -0.4 is 36.0 Å². The number of aromatic nitrogens is 8. The number of nitrogens with zero attached hydrogens (tertiary/aromatic N) is 13. The van der Waals surface area contributed by atoms with Crippen LogP contribution in [0.1, 0.15) is 142 Å². The number of likely N-dealkylation sites (tertiary alicyclic amines) is 2. The molecule has 6 saturated heterocycles. The van der Waals surface area contributed by atoms with E-state index in [-0.39, 0.29) is 41.8 Å². The number of benzene rings is 2. The number of furan rings is 1. The molecule has 16 rings (SSSR count). The van der Waals surface area contributed by atoms with Crippen molar-refractivity contribution < 1.29 is 40.9 Å². The summed E-state index contributed by atoms with van der Waals surface area (Å²) >= 11 is 0. The highest BCUT2D eigenvalue weighted by Gasteiger charge is 2.40. The molecule has 26 nitrogen and oxygen atoms in total. The minimum Gasteiger partial charge on any atom is -0.463 e. The van der Waals surface area contributed by atoms with Crippen molar-refractivity contribution in [3.8, 4) is 11.5 Å². The minimum atomic E-state index is -1.13. The third-order valence-electron chi connectivity index (χ3n) is 22.4. The van der Waals surface area contributed by atoms with E-state index in [1.54, 1.807) is 11.2 Å². The molecule has 2 aromatic carbocycles.